The van der Waals surface area contributed by atoms with Gasteiger partial charge >= 0.3 is 0 Å². The van der Waals surface area contributed by atoms with Gasteiger partial charge in [-0.3, -0.25) is 0 Å². The number of fused-ring (bicyclic) bond motifs is 9. The summed E-state index contributed by atoms with van der Waals surface area (Å²) in [7, 11) is -3.02. The Morgan fingerprint density at radius 3 is 2.07 bits per heavy atom. The highest BCUT2D eigenvalue weighted by molar-refractivity contribution is 7.86. The highest BCUT2D eigenvalue weighted by atomic mass is 31.2. The SMILES string of the molecule is CC1(C)c2ccccc2-c2ccc(-n3c4ccccc4c4cc5c(cc43)-c3ccccc3P5(=O)c3ccccc3)cc21. The summed E-state index contributed by atoms with van der Waals surface area (Å²) >= 11 is 0. The number of rotatable bonds is 2. The maximum atomic E-state index is 15.2. The lowest BCUT2D eigenvalue weighted by Crippen LogP contribution is -2.20. The van der Waals surface area contributed by atoms with Crippen molar-refractivity contribution < 1.29 is 4.57 Å². The first-order valence-electron chi connectivity index (χ1n) is 14.6. The van der Waals surface area contributed by atoms with Crippen molar-refractivity contribution in [3.8, 4) is 27.9 Å². The molecule has 1 unspecified atom stereocenters. The Balaban J connectivity index is 1.35. The van der Waals surface area contributed by atoms with Crippen molar-refractivity contribution in [3.05, 3.63) is 145 Å². The van der Waals surface area contributed by atoms with Crippen LogP contribution >= 0.6 is 7.14 Å². The van der Waals surface area contributed by atoms with Crippen LogP contribution in [0.15, 0.2) is 133 Å². The molecular formula is C39H28NOP. The molecule has 3 heteroatoms. The molecular weight excluding hydrogens is 529 g/mol. The zero-order chi connectivity index (χ0) is 28.2. The topological polar surface area (TPSA) is 22.0 Å². The summed E-state index contributed by atoms with van der Waals surface area (Å²) in [6.45, 7) is 4.66. The maximum absolute atomic E-state index is 15.2. The molecule has 0 fully saturated rings. The van der Waals surface area contributed by atoms with Gasteiger partial charge in [0.1, 0.15) is 0 Å². The average Bonchev–Trinajstić information content (AvgIpc) is 3.58. The summed E-state index contributed by atoms with van der Waals surface area (Å²) in [4.78, 5) is 0. The summed E-state index contributed by atoms with van der Waals surface area (Å²) in [5.74, 6) is 0. The van der Waals surface area contributed by atoms with E-state index in [1.54, 1.807) is 0 Å². The Labute approximate surface area is 245 Å². The average molecular weight is 558 g/mol. The Bertz CT molecular complexity index is 2310. The second-order valence-electron chi connectivity index (χ2n) is 12.1. The molecule has 0 saturated carbocycles. The number of para-hydroxylation sites is 1. The quantitative estimate of drug-likeness (QED) is 0.195. The maximum Gasteiger partial charge on any atom is 0.172 e. The van der Waals surface area contributed by atoms with Crippen molar-refractivity contribution in [1.29, 1.82) is 0 Å². The molecule has 42 heavy (non-hydrogen) atoms. The third kappa shape index (κ3) is 2.93. The van der Waals surface area contributed by atoms with Crippen LogP contribution < -0.4 is 15.9 Å². The van der Waals surface area contributed by atoms with Crippen LogP contribution in [0.1, 0.15) is 25.0 Å². The van der Waals surface area contributed by atoms with Crippen molar-refractivity contribution in [2.75, 3.05) is 0 Å². The van der Waals surface area contributed by atoms with Crippen LogP contribution in [0.3, 0.4) is 0 Å². The smallest absolute Gasteiger partial charge is 0.172 e. The van der Waals surface area contributed by atoms with E-state index in [0.29, 0.717) is 0 Å². The van der Waals surface area contributed by atoms with Gasteiger partial charge < -0.3 is 9.13 Å². The van der Waals surface area contributed by atoms with Gasteiger partial charge in [-0.2, -0.15) is 0 Å². The van der Waals surface area contributed by atoms with Gasteiger partial charge in [0.25, 0.3) is 0 Å². The largest absolute Gasteiger partial charge is 0.309 e. The van der Waals surface area contributed by atoms with Crippen LogP contribution in [0, 0.1) is 0 Å². The van der Waals surface area contributed by atoms with Gasteiger partial charge in [0, 0.05) is 37.8 Å². The van der Waals surface area contributed by atoms with Crippen molar-refractivity contribution in [1.82, 2.24) is 4.57 Å². The Morgan fingerprint density at radius 1 is 0.524 bits per heavy atom. The second kappa shape index (κ2) is 8.22. The molecule has 200 valence electrons. The van der Waals surface area contributed by atoms with E-state index in [4.69, 9.17) is 0 Å². The lowest BCUT2D eigenvalue weighted by Gasteiger charge is -2.22. The molecule has 6 aromatic carbocycles. The van der Waals surface area contributed by atoms with Gasteiger partial charge in [0.2, 0.25) is 0 Å². The molecule has 0 saturated heterocycles. The molecule has 2 nitrogen and oxygen atoms in total. The van der Waals surface area contributed by atoms with Crippen LogP contribution in [0.2, 0.25) is 0 Å². The summed E-state index contributed by atoms with van der Waals surface area (Å²) in [5.41, 5.74) is 10.9. The van der Waals surface area contributed by atoms with E-state index < -0.39 is 7.14 Å². The predicted octanol–water partition coefficient (Wildman–Crippen LogP) is 8.71. The molecule has 0 spiro atoms. The standard InChI is InChI=1S/C39H28NOP/c1-39(2)33-17-9-6-14-27(33)28-21-20-25(22-34(28)39)40-35-18-10-7-15-29(35)31-24-38-32(23-36(31)40)30-16-8-11-19-37(30)42(38,41)26-12-4-3-5-13-26/h3-24H,1-2H3. The number of nitrogens with zero attached hydrogens (tertiary/aromatic N) is 1. The van der Waals surface area contributed by atoms with Crippen LogP contribution in [0.4, 0.5) is 0 Å². The second-order valence-corrected chi connectivity index (χ2v) is 14.8. The van der Waals surface area contributed by atoms with Crippen molar-refractivity contribution >= 4 is 44.9 Å². The third-order valence-electron chi connectivity index (χ3n) is 9.61. The molecule has 2 aliphatic rings. The molecule has 0 bridgehead atoms. The van der Waals surface area contributed by atoms with E-state index in [-0.39, 0.29) is 5.41 Å². The first kappa shape index (κ1) is 24.0. The normalized spacial score (nSPS) is 17.7. The minimum Gasteiger partial charge on any atom is -0.309 e. The summed E-state index contributed by atoms with van der Waals surface area (Å²) < 4.78 is 17.6. The molecule has 1 aliphatic heterocycles. The van der Waals surface area contributed by atoms with Gasteiger partial charge in [-0.1, -0.05) is 117 Å². The lowest BCUT2D eigenvalue weighted by atomic mass is 9.82. The third-order valence-corrected chi connectivity index (χ3v) is 12.8. The lowest BCUT2D eigenvalue weighted by molar-refractivity contribution is 0.593. The Morgan fingerprint density at radius 2 is 1.21 bits per heavy atom. The van der Waals surface area contributed by atoms with Crippen LogP contribution in [0.5, 0.6) is 0 Å². The summed E-state index contributed by atoms with van der Waals surface area (Å²) in [6.07, 6.45) is 0. The number of benzene rings is 6. The Hall–Kier alpha value is -4.65. The van der Waals surface area contributed by atoms with Crippen LogP contribution in [-0.2, 0) is 9.98 Å². The van der Waals surface area contributed by atoms with Gasteiger partial charge in [-0.05, 0) is 63.7 Å². The summed E-state index contributed by atoms with van der Waals surface area (Å²) in [5, 5.41) is 5.08. The minimum atomic E-state index is -3.02. The fourth-order valence-electron chi connectivity index (χ4n) is 7.61. The fourth-order valence-corrected chi connectivity index (χ4v) is 10.7. The van der Waals surface area contributed by atoms with Crippen molar-refractivity contribution in [2.24, 2.45) is 0 Å². The highest BCUT2D eigenvalue weighted by Gasteiger charge is 2.41. The van der Waals surface area contributed by atoms with Crippen LogP contribution in [0.25, 0.3) is 49.7 Å². The molecule has 0 radical (unpaired) electrons. The van der Waals surface area contributed by atoms with Gasteiger partial charge in [-0.15, -0.1) is 0 Å². The first-order valence-corrected chi connectivity index (χ1v) is 16.3. The predicted molar refractivity (Wildman–Crippen MR) is 177 cm³/mol. The molecule has 7 aromatic rings. The van der Waals surface area contributed by atoms with Gasteiger partial charge in [0.15, 0.2) is 7.14 Å². The molecule has 0 amide bonds. The molecule has 1 aliphatic carbocycles. The van der Waals surface area contributed by atoms with E-state index >= 15 is 4.57 Å². The molecule has 1 atom stereocenters. The highest BCUT2D eigenvalue weighted by Crippen LogP contribution is 2.54. The number of hydrogen-bond donors (Lipinski definition) is 0. The molecule has 1 aromatic heterocycles. The van der Waals surface area contributed by atoms with Gasteiger partial charge in [0.05, 0.1) is 11.0 Å². The van der Waals surface area contributed by atoms with Crippen molar-refractivity contribution in [3.63, 3.8) is 0 Å². The Kier molecular flexibility index (Phi) is 4.69. The molecule has 2 heterocycles. The molecule has 9 rings (SSSR count). The first-order chi connectivity index (χ1) is 20.5. The van der Waals surface area contributed by atoms with E-state index in [1.807, 2.05) is 36.4 Å². The monoisotopic (exact) mass is 557 g/mol. The van der Waals surface area contributed by atoms with Crippen molar-refractivity contribution in [2.45, 2.75) is 19.3 Å². The number of hydrogen-bond acceptors (Lipinski definition) is 1. The zero-order valence-electron chi connectivity index (χ0n) is 23.5. The van der Waals surface area contributed by atoms with E-state index in [2.05, 4.69) is 115 Å². The fraction of sp³-hybridized carbons (Fsp3) is 0.0769. The zero-order valence-corrected chi connectivity index (χ0v) is 24.4. The van der Waals surface area contributed by atoms with E-state index in [9.17, 15) is 0 Å². The van der Waals surface area contributed by atoms with Crippen LogP contribution in [-0.4, -0.2) is 4.57 Å². The minimum absolute atomic E-state index is 0.0802. The van der Waals surface area contributed by atoms with E-state index in [0.717, 1.165) is 49.1 Å². The van der Waals surface area contributed by atoms with Gasteiger partial charge in [-0.25, -0.2) is 0 Å². The summed E-state index contributed by atoms with van der Waals surface area (Å²) in [6, 6.07) is 47.2. The van der Waals surface area contributed by atoms with E-state index in [1.165, 1.54) is 27.6 Å². The number of aromatic nitrogens is 1. The molecule has 0 N–H and O–H groups in total.